The predicted octanol–water partition coefficient (Wildman–Crippen LogP) is 3.21. The number of anilines is 1. The van der Waals surface area contributed by atoms with Gasteiger partial charge in [-0.05, 0) is 18.4 Å². The molecule has 0 spiro atoms. The Morgan fingerprint density at radius 3 is 2.72 bits per heavy atom. The van der Waals surface area contributed by atoms with Crippen LogP contribution in [0.25, 0.3) is 0 Å². The van der Waals surface area contributed by atoms with Crippen molar-refractivity contribution < 1.29 is 4.79 Å². The van der Waals surface area contributed by atoms with Crippen molar-refractivity contribution in [3.05, 3.63) is 41.7 Å². The number of rotatable bonds is 5. The van der Waals surface area contributed by atoms with E-state index in [1.165, 1.54) is 17.1 Å². The van der Waals surface area contributed by atoms with E-state index in [-0.39, 0.29) is 11.9 Å². The van der Waals surface area contributed by atoms with Gasteiger partial charge in [-0.1, -0.05) is 44.2 Å². The first-order chi connectivity index (χ1) is 12.0. The minimum absolute atomic E-state index is 0.210. The standard InChI is InChI=1S/C19H26N4OS/c1-14(2)11-18(24)23-10-9-22(13-15(23)3)19-20-17(21-25-19)12-16-7-5-4-6-8-16/h4-8,14-15H,9-13H2,1-3H3/t15-/m0/s1. The van der Waals surface area contributed by atoms with Crippen LogP contribution in [0.1, 0.15) is 38.6 Å². The second kappa shape index (κ2) is 7.95. The van der Waals surface area contributed by atoms with Gasteiger partial charge in [-0.3, -0.25) is 4.79 Å². The Bertz CT molecular complexity index is 700. The van der Waals surface area contributed by atoms with Crippen LogP contribution in [0.15, 0.2) is 30.3 Å². The Balaban J connectivity index is 1.60. The maximum absolute atomic E-state index is 12.4. The van der Waals surface area contributed by atoms with Gasteiger partial charge in [-0.25, -0.2) is 4.98 Å². The van der Waals surface area contributed by atoms with Crippen LogP contribution in [0.4, 0.5) is 5.13 Å². The van der Waals surface area contributed by atoms with Crippen LogP contribution in [-0.2, 0) is 11.2 Å². The molecule has 1 aliphatic rings. The van der Waals surface area contributed by atoms with E-state index in [2.05, 4.69) is 42.2 Å². The number of aromatic nitrogens is 2. The molecule has 1 atom stereocenters. The summed E-state index contributed by atoms with van der Waals surface area (Å²) in [4.78, 5) is 21.3. The van der Waals surface area contributed by atoms with Crippen molar-refractivity contribution in [1.82, 2.24) is 14.3 Å². The monoisotopic (exact) mass is 358 g/mol. The maximum Gasteiger partial charge on any atom is 0.223 e. The van der Waals surface area contributed by atoms with Gasteiger partial charge in [0.1, 0.15) is 5.82 Å². The molecule has 0 radical (unpaired) electrons. The van der Waals surface area contributed by atoms with Crippen LogP contribution in [0.2, 0.25) is 0 Å². The Morgan fingerprint density at radius 1 is 1.28 bits per heavy atom. The lowest BCUT2D eigenvalue weighted by molar-refractivity contribution is -0.134. The van der Waals surface area contributed by atoms with Gasteiger partial charge >= 0.3 is 0 Å². The van der Waals surface area contributed by atoms with Crippen molar-refractivity contribution in [2.45, 2.75) is 39.7 Å². The highest BCUT2D eigenvalue weighted by atomic mass is 32.1. The number of hydrogen-bond donors (Lipinski definition) is 0. The minimum atomic E-state index is 0.210. The van der Waals surface area contributed by atoms with Gasteiger partial charge < -0.3 is 9.80 Å². The normalized spacial score (nSPS) is 18.0. The van der Waals surface area contributed by atoms with Crippen LogP contribution >= 0.6 is 11.5 Å². The number of piperazine rings is 1. The lowest BCUT2D eigenvalue weighted by Crippen LogP contribution is -2.54. The molecule has 134 valence electrons. The molecule has 25 heavy (non-hydrogen) atoms. The second-order valence-electron chi connectivity index (χ2n) is 7.14. The van der Waals surface area contributed by atoms with Gasteiger partial charge in [0.2, 0.25) is 11.0 Å². The molecule has 1 amide bonds. The maximum atomic E-state index is 12.4. The summed E-state index contributed by atoms with van der Waals surface area (Å²) in [6, 6.07) is 10.5. The highest BCUT2D eigenvalue weighted by molar-refractivity contribution is 7.09. The van der Waals surface area contributed by atoms with Crippen LogP contribution in [0.5, 0.6) is 0 Å². The SMILES string of the molecule is CC(C)CC(=O)N1CCN(c2nc(Cc3ccccc3)ns2)C[C@@H]1C. The number of carbonyl (C=O) groups is 1. The molecule has 6 heteroatoms. The molecule has 0 N–H and O–H groups in total. The van der Waals surface area contributed by atoms with E-state index in [0.717, 1.165) is 37.0 Å². The molecule has 0 saturated carbocycles. The average Bonchev–Trinajstić information content (AvgIpc) is 3.03. The molecule has 1 fully saturated rings. The van der Waals surface area contributed by atoms with Gasteiger partial charge in [-0.2, -0.15) is 4.37 Å². The first kappa shape index (κ1) is 17.9. The largest absolute Gasteiger partial charge is 0.343 e. The zero-order valence-electron chi connectivity index (χ0n) is 15.2. The number of hydrogen-bond acceptors (Lipinski definition) is 5. The third kappa shape index (κ3) is 4.57. The van der Waals surface area contributed by atoms with Crippen molar-refractivity contribution in [2.24, 2.45) is 5.92 Å². The summed E-state index contributed by atoms with van der Waals surface area (Å²) >= 11 is 1.46. The summed E-state index contributed by atoms with van der Waals surface area (Å²) in [7, 11) is 0. The Kier molecular flexibility index (Phi) is 5.68. The summed E-state index contributed by atoms with van der Waals surface area (Å²) in [6.45, 7) is 8.72. The Hall–Kier alpha value is -1.95. The van der Waals surface area contributed by atoms with Gasteiger partial charge in [0.15, 0.2) is 0 Å². The molecular formula is C19H26N4OS. The second-order valence-corrected chi connectivity index (χ2v) is 7.87. The summed E-state index contributed by atoms with van der Waals surface area (Å²) in [6.07, 6.45) is 1.39. The van der Waals surface area contributed by atoms with Gasteiger partial charge in [0.05, 0.1) is 0 Å². The van der Waals surface area contributed by atoms with Crippen LogP contribution in [0.3, 0.4) is 0 Å². The Morgan fingerprint density at radius 2 is 2.04 bits per heavy atom. The quantitative estimate of drug-likeness (QED) is 0.823. The zero-order valence-corrected chi connectivity index (χ0v) is 16.0. The summed E-state index contributed by atoms with van der Waals surface area (Å²) < 4.78 is 4.51. The third-order valence-corrected chi connectivity index (χ3v) is 5.28. The van der Waals surface area contributed by atoms with E-state index in [0.29, 0.717) is 12.3 Å². The predicted molar refractivity (Wildman–Crippen MR) is 102 cm³/mol. The fourth-order valence-corrected chi connectivity index (χ4v) is 3.91. The van der Waals surface area contributed by atoms with Crippen molar-refractivity contribution in [1.29, 1.82) is 0 Å². The van der Waals surface area contributed by atoms with Crippen LogP contribution < -0.4 is 4.90 Å². The lowest BCUT2D eigenvalue weighted by Gasteiger charge is -2.40. The van der Waals surface area contributed by atoms with E-state index >= 15 is 0 Å². The molecule has 0 bridgehead atoms. The lowest BCUT2D eigenvalue weighted by atomic mass is 10.1. The molecule has 5 nitrogen and oxygen atoms in total. The number of benzene rings is 1. The molecule has 0 aliphatic carbocycles. The molecule has 1 aromatic heterocycles. The number of amides is 1. The average molecular weight is 359 g/mol. The molecule has 3 rings (SSSR count). The molecule has 2 aromatic rings. The van der Waals surface area contributed by atoms with E-state index in [1.807, 2.05) is 23.1 Å². The molecule has 1 aromatic carbocycles. The van der Waals surface area contributed by atoms with E-state index < -0.39 is 0 Å². The summed E-state index contributed by atoms with van der Waals surface area (Å²) in [5, 5.41) is 0.966. The Labute approximate surface area is 153 Å². The molecule has 0 unspecified atom stereocenters. The first-order valence-electron chi connectivity index (χ1n) is 8.94. The van der Waals surface area contributed by atoms with Crippen molar-refractivity contribution in [2.75, 3.05) is 24.5 Å². The van der Waals surface area contributed by atoms with Gasteiger partial charge in [0.25, 0.3) is 0 Å². The van der Waals surface area contributed by atoms with Crippen molar-refractivity contribution in [3.63, 3.8) is 0 Å². The van der Waals surface area contributed by atoms with Crippen LogP contribution in [-0.4, -0.2) is 45.8 Å². The summed E-state index contributed by atoms with van der Waals surface area (Å²) in [5.41, 5.74) is 1.23. The fraction of sp³-hybridized carbons (Fsp3) is 0.526. The van der Waals surface area contributed by atoms with E-state index in [4.69, 9.17) is 4.98 Å². The van der Waals surface area contributed by atoms with Gasteiger partial charge in [-0.15, -0.1) is 0 Å². The van der Waals surface area contributed by atoms with Crippen molar-refractivity contribution >= 4 is 22.6 Å². The zero-order chi connectivity index (χ0) is 17.8. The molecule has 2 heterocycles. The molecule has 1 saturated heterocycles. The molecular weight excluding hydrogens is 332 g/mol. The van der Waals surface area contributed by atoms with Gasteiger partial charge in [0, 0.05) is 50.1 Å². The van der Waals surface area contributed by atoms with E-state index in [9.17, 15) is 4.79 Å². The number of nitrogens with zero attached hydrogens (tertiary/aromatic N) is 4. The molecule has 1 aliphatic heterocycles. The topological polar surface area (TPSA) is 49.3 Å². The number of carbonyl (C=O) groups excluding carboxylic acids is 1. The highest BCUT2D eigenvalue weighted by Gasteiger charge is 2.29. The third-order valence-electron chi connectivity index (χ3n) is 4.46. The summed E-state index contributed by atoms with van der Waals surface area (Å²) in [5.74, 6) is 1.54. The van der Waals surface area contributed by atoms with Crippen LogP contribution in [0, 0.1) is 5.92 Å². The first-order valence-corrected chi connectivity index (χ1v) is 9.71. The highest BCUT2D eigenvalue weighted by Crippen LogP contribution is 2.23. The van der Waals surface area contributed by atoms with Crippen molar-refractivity contribution in [3.8, 4) is 0 Å². The van der Waals surface area contributed by atoms with E-state index in [1.54, 1.807) is 0 Å². The minimum Gasteiger partial charge on any atom is -0.343 e. The fourth-order valence-electron chi connectivity index (χ4n) is 3.19. The smallest absolute Gasteiger partial charge is 0.223 e.